The second-order valence-electron chi connectivity index (χ2n) is 4.86. The number of carbonyl (C=O) groups excluding carboxylic acids is 1. The van der Waals surface area contributed by atoms with Crippen molar-refractivity contribution in [3.63, 3.8) is 0 Å². The first-order valence-electron chi connectivity index (χ1n) is 7.39. The summed E-state index contributed by atoms with van der Waals surface area (Å²) in [5.74, 6) is 1.90. The zero-order chi connectivity index (χ0) is 15.8. The second kappa shape index (κ2) is 8.91. The maximum absolute atomic E-state index is 12.3. The number of benzene rings is 2. The van der Waals surface area contributed by atoms with E-state index in [9.17, 15) is 4.79 Å². The van der Waals surface area contributed by atoms with Crippen LogP contribution < -0.4 is 5.32 Å². The Balaban J connectivity index is 1.91. The van der Waals surface area contributed by atoms with Gasteiger partial charge in [-0.15, -0.1) is 23.5 Å². The summed E-state index contributed by atoms with van der Waals surface area (Å²) in [6.07, 6.45) is 0. The van der Waals surface area contributed by atoms with E-state index in [-0.39, 0.29) is 11.2 Å². The van der Waals surface area contributed by atoms with Crippen LogP contribution in [0.1, 0.15) is 19.4 Å². The zero-order valence-corrected chi connectivity index (χ0v) is 14.5. The number of anilines is 1. The zero-order valence-electron chi connectivity index (χ0n) is 12.9. The van der Waals surface area contributed by atoms with Gasteiger partial charge in [0, 0.05) is 10.6 Å². The highest BCUT2D eigenvalue weighted by Gasteiger charge is 2.15. The molecule has 0 saturated carbocycles. The van der Waals surface area contributed by atoms with Gasteiger partial charge >= 0.3 is 0 Å². The van der Waals surface area contributed by atoms with Gasteiger partial charge in [-0.1, -0.05) is 49.4 Å². The molecule has 116 valence electrons. The fourth-order valence-corrected chi connectivity index (χ4v) is 3.56. The van der Waals surface area contributed by atoms with Gasteiger partial charge in [0.2, 0.25) is 5.91 Å². The van der Waals surface area contributed by atoms with Crippen molar-refractivity contribution in [2.75, 3.05) is 11.1 Å². The first-order valence-corrected chi connectivity index (χ1v) is 9.42. The predicted molar refractivity (Wildman–Crippen MR) is 98.7 cm³/mol. The molecule has 22 heavy (non-hydrogen) atoms. The molecule has 0 fully saturated rings. The fourth-order valence-electron chi connectivity index (χ4n) is 1.96. The summed E-state index contributed by atoms with van der Waals surface area (Å²) in [5, 5.41) is 2.97. The lowest BCUT2D eigenvalue weighted by Crippen LogP contribution is -2.22. The summed E-state index contributed by atoms with van der Waals surface area (Å²) in [7, 11) is 0. The highest BCUT2D eigenvalue weighted by Crippen LogP contribution is 2.27. The average Bonchev–Trinajstić information content (AvgIpc) is 2.55. The van der Waals surface area contributed by atoms with Crippen LogP contribution in [0.5, 0.6) is 0 Å². The van der Waals surface area contributed by atoms with Crippen molar-refractivity contribution in [1.82, 2.24) is 0 Å². The smallest absolute Gasteiger partial charge is 0.237 e. The van der Waals surface area contributed by atoms with Crippen LogP contribution in [0.15, 0.2) is 59.5 Å². The molecule has 0 aromatic heterocycles. The molecule has 0 saturated heterocycles. The van der Waals surface area contributed by atoms with Crippen LogP contribution >= 0.6 is 23.5 Å². The van der Waals surface area contributed by atoms with Gasteiger partial charge in [0.25, 0.3) is 0 Å². The largest absolute Gasteiger partial charge is 0.324 e. The molecule has 1 unspecified atom stereocenters. The van der Waals surface area contributed by atoms with E-state index in [0.717, 1.165) is 22.1 Å². The van der Waals surface area contributed by atoms with E-state index in [1.807, 2.05) is 49.4 Å². The maximum Gasteiger partial charge on any atom is 0.237 e. The summed E-state index contributed by atoms with van der Waals surface area (Å²) in [6, 6.07) is 18.2. The molecule has 0 aliphatic rings. The van der Waals surface area contributed by atoms with Crippen LogP contribution in [0.2, 0.25) is 0 Å². The number of rotatable bonds is 7. The third-order valence-corrected chi connectivity index (χ3v) is 5.33. The van der Waals surface area contributed by atoms with Crippen LogP contribution in [0.3, 0.4) is 0 Å². The van der Waals surface area contributed by atoms with E-state index in [2.05, 4.69) is 24.4 Å². The lowest BCUT2D eigenvalue weighted by Gasteiger charge is -2.14. The van der Waals surface area contributed by atoms with Gasteiger partial charge in [-0.2, -0.15) is 0 Å². The Morgan fingerprint density at radius 1 is 1.09 bits per heavy atom. The summed E-state index contributed by atoms with van der Waals surface area (Å²) in [6.45, 7) is 4.07. The highest BCUT2D eigenvalue weighted by atomic mass is 32.2. The van der Waals surface area contributed by atoms with Crippen LogP contribution in [0.4, 0.5) is 5.69 Å². The molecule has 0 aliphatic carbocycles. The van der Waals surface area contributed by atoms with Crippen LogP contribution in [-0.4, -0.2) is 16.9 Å². The SMILES string of the molecule is CCSc1ccccc1NC(=O)C(C)SCc1ccccc1. The standard InChI is InChI=1S/C18H21NOS2/c1-3-21-17-12-8-7-11-16(17)19-18(20)14(2)22-13-15-9-5-4-6-10-15/h4-12,14H,3,13H2,1-2H3,(H,19,20). The molecule has 0 spiro atoms. The first kappa shape index (κ1) is 17.0. The molecule has 0 heterocycles. The molecule has 0 aliphatic heterocycles. The van der Waals surface area contributed by atoms with Gasteiger partial charge in [0.1, 0.15) is 0 Å². The van der Waals surface area contributed by atoms with E-state index >= 15 is 0 Å². The van der Waals surface area contributed by atoms with Gasteiger partial charge < -0.3 is 5.32 Å². The maximum atomic E-state index is 12.3. The number of amides is 1. The molecule has 2 aromatic rings. The Labute approximate surface area is 141 Å². The molecule has 1 atom stereocenters. The number of para-hydroxylation sites is 1. The number of thioether (sulfide) groups is 2. The molecule has 1 N–H and O–H groups in total. The third-order valence-electron chi connectivity index (χ3n) is 3.16. The van der Waals surface area contributed by atoms with Crippen LogP contribution in [0, 0.1) is 0 Å². The van der Waals surface area contributed by atoms with Gasteiger partial charge in [-0.3, -0.25) is 4.79 Å². The number of hydrogen-bond donors (Lipinski definition) is 1. The van der Waals surface area contributed by atoms with Gasteiger partial charge in [-0.25, -0.2) is 0 Å². The molecular formula is C18H21NOS2. The quantitative estimate of drug-likeness (QED) is 0.719. The van der Waals surface area contributed by atoms with Crippen molar-refractivity contribution in [3.05, 3.63) is 60.2 Å². The van der Waals surface area contributed by atoms with E-state index in [1.165, 1.54) is 5.56 Å². The van der Waals surface area contributed by atoms with Crippen molar-refractivity contribution in [2.24, 2.45) is 0 Å². The van der Waals surface area contributed by atoms with Crippen LogP contribution in [0.25, 0.3) is 0 Å². The molecule has 0 bridgehead atoms. The lowest BCUT2D eigenvalue weighted by molar-refractivity contribution is -0.115. The average molecular weight is 332 g/mol. The van der Waals surface area contributed by atoms with Gasteiger partial charge in [0.15, 0.2) is 0 Å². The normalized spacial score (nSPS) is 11.9. The molecule has 1 amide bonds. The molecule has 2 nitrogen and oxygen atoms in total. The minimum Gasteiger partial charge on any atom is -0.324 e. The summed E-state index contributed by atoms with van der Waals surface area (Å²) >= 11 is 3.40. The van der Waals surface area contributed by atoms with Crippen molar-refractivity contribution >= 4 is 35.1 Å². The number of carbonyl (C=O) groups is 1. The summed E-state index contributed by atoms with van der Waals surface area (Å²) in [4.78, 5) is 13.5. The molecule has 4 heteroatoms. The third kappa shape index (κ3) is 5.11. The summed E-state index contributed by atoms with van der Waals surface area (Å²) < 4.78 is 0. The monoisotopic (exact) mass is 331 g/mol. The number of hydrogen-bond acceptors (Lipinski definition) is 3. The Hall–Kier alpha value is -1.39. The minimum absolute atomic E-state index is 0.0603. The van der Waals surface area contributed by atoms with Crippen molar-refractivity contribution in [2.45, 2.75) is 29.7 Å². The second-order valence-corrected chi connectivity index (χ2v) is 7.49. The summed E-state index contributed by atoms with van der Waals surface area (Å²) in [5.41, 5.74) is 2.15. The Morgan fingerprint density at radius 2 is 1.77 bits per heavy atom. The lowest BCUT2D eigenvalue weighted by atomic mass is 10.2. The Morgan fingerprint density at radius 3 is 2.50 bits per heavy atom. The molecule has 0 radical (unpaired) electrons. The van der Waals surface area contributed by atoms with E-state index < -0.39 is 0 Å². The first-order chi connectivity index (χ1) is 10.7. The van der Waals surface area contributed by atoms with E-state index in [0.29, 0.717) is 0 Å². The van der Waals surface area contributed by atoms with E-state index in [1.54, 1.807) is 23.5 Å². The minimum atomic E-state index is -0.0834. The molecular weight excluding hydrogens is 310 g/mol. The topological polar surface area (TPSA) is 29.1 Å². The molecule has 2 aromatic carbocycles. The van der Waals surface area contributed by atoms with E-state index in [4.69, 9.17) is 0 Å². The Bertz CT molecular complexity index is 601. The van der Waals surface area contributed by atoms with Gasteiger partial charge in [-0.05, 0) is 30.4 Å². The Kier molecular flexibility index (Phi) is 6.87. The van der Waals surface area contributed by atoms with Crippen molar-refractivity contribution < 1.29 is 4.79 Å². The fraction of sp³-hybridized carbons (Fsp3) is 0.278. The predicted octanol–water partition coefficient (Wildman–Crippen LogP) is 5.06. The number of nitrogens with one attached hydrogen (secondary N) is 1. The van der Waals surface area contributed by atoms with Crippen molar-refractivity contribution in [3.8, 4) is 0 Å². The molecule has 2 rings (SSSR count). The van der Waals surface area contributed by atoms with Crippen molar-refractivity contribution in [1.29, 1.82) is 0 Å². The highest BCUT2D eigenvalue weighted by molar-refractivity contribution is 8.00. The van der Waals surface area contributed by atoms with Crippen LogP contribution in [-0.2, 0) is 10.5 Å². The van der Waals surface area contributed by atoms with Gasteiger partial charge in [0.05, 0.1) is 10.9 Å².